The van der Waals surface area contributed by atoms with Gasteiger partial charge in [-0.3, -0.25) is 0 Å². The van der Waals surface area contributed by atoms with Crippen molar-refractivity contribution in [3.05, 3.63) is 23.0 Å². The number of benzene rings is 1. The third-order valence-electron chi connectivity index (χ3n) is 1.38. The summed E-state index contributed by atoms with van der Waals surface area (Å²) >= 11 is 3.22. The number of fused-ring (bicyclic) bond motifs is 1. The quantitative estimate of drug-likeness (QED) is 0.731. The Kier molecular flexibility index (Phi) is 1.35. The Morgan fingerprint density at radius 2 is 2.27 bits per heavy atom. The van der Waals surface area contributed by atoms with Crippen LogP contribution in [-0.4, -0.2) is 10.1 Å². The number of aromatic nitrogens is 1. The summed E-state index contributed by atoms with van der Waals surface area (Å²) in [6.07, 6.45) is 1.30. The number of phenolic OH excluding ortho intramolecular Hbond substituents is 1. The van der Waals surface area contributed by atoms with Crippen LogP contribution in [-0.2, 0) is 0 Å². The van der Waals surface area contributed by atoms with Gasteiger partial charge in [0.2, 0.25) is 0 Å². The SMILES string of the molecule is Oc1cc(Br)cc2ocnc12. The van der Waals surface area contributed by atoms with Gasteiger partial charge in [-0.1, -0.05) is 15.9 Å². The second-order valence-corrected chi connectivity index (χ2v) is 3.04. The third kappa shape index (κ3) is 0.991. The van der Waals surface area contributed by atoms with E-state index in [1.807, 2.05) is 0 Å². The summed E-state index contributed by atoms with van der Waals surface area (Å²) in [7, 11) is 0. The van der Waals surface area contributed by atoms with Gasteiger partial charge in [-0.15, -0.1) is 0 Å². The highest BCUT2D eigenvalue weighted by Crippen LogP contribution is 2.27. The molecule has 0 atom stereocenters. The molecule has 0 spiro atoms. The first-order valence-electron chi connectivity index (χ1n) is 2.99. The van der Waals surface area contributed by atoms with Gasteiger partial charge in [-0.2, -0.15) is 0 Å². The van der Waals surface area contributed by atoms with Crippen molar-refractivity contribution in [1.82, 2.24) is 4.98 Å². The van der Waals surface area contributed by atoms with Gasteiger partial charge >= 0.3 is 0 Å². The van der Waals surface area contributed by atoms with Crippen LogP contribution in [0.25, 0.3) is 11.1 Å². The van der Waals surface area contributed by atoms with Crippen molar-refractivity contribution in [2.24, 2.45) is 0 Å². The van der Waals surface area contributed by atoms with Crippen LogP contribution >= 0.6 is 15.9 Å². The van der Waals surface area contributed by atoms with Crippen molar-refractivity contribution in [2.75, 3.05) is 0 Å². The summed E-state index contributed by atoms with van der Waals surface area (Å²) in [4.78, 5) is 3.82. The van der Waals surface area contributed by atoms with E-state index in [4.69, 9.17) is 4.42 Å². The Morgan fingerprint density at radius 3 is 3.09 bits per heavy atom. The van der Waals surface area contributed by atoms with E-state index in [0.717, 1.165) is 4.47 Å². The molecule has 0 unspecified atom stereocenters. The van der Waals surface area contributed by atoms with Crippen LogP contribution in [0.3, 0.4) is 0 Å². The molecule has 1 N–H and O–H groups in total. The number of phenols is 1. The Hall–Kier alpha value is -1.03. The van der Waals surface area contributed by atoms with E-state index >= 15 is 0 Å². The van der Waals surface area contributed by atoms with E-state index in [-0.39, 0.29) is 5.75 Å². The van der Waals surface area contributed by atoms with E-state index < -0.39 is 0 Å². The molecule has 3 nitrogen and oxygen atoms in total. The Bertz CT molecular complexity index is 396. The lowest BCUT2D eigenvalue weighted by Crippen LogP contribution is -1.70. The van der Waals surface area contributed by atoms with E-state index in [9.17, 15) is 5.11 Å². The van der Waals surface area contributed by atoms with E-state index in [1.54, 1.807) is 12.1 Å². The molecule has 1 heterocycles. The largest absolute Gasteiger partial charge is 0.505 e. The lowest BCUT2D eigenvalue weighted by molar-refractivity contribution is 0.480. The fraction of sp³-hybridized carbons (Fsp3) is 0. The molecule has 2 rings (SSSR count). The normalized spacial score (nSPS) is 10.6. The van der Waals surface area contributed by atoms with E-state index in [2.05, 4.69) is 20.9 Å². The molecule has 11 heavy (non-hydrogen) atoms. The van der Waals surface area contributed by atoms with Gasteiger partial charge in [0.25, 0.3) is 0 Å². The minimum atomic E-state index is 0.128. The predicted octanol–water partition coefficient (Wildman–Crippen LogP) is 2.30. The number of aromatic hydroxyl groups is 1. The maximum atomic E-state index is 9.29. The van der Waals surface area contributed by atoms with Gasteiger partial charge in [0.05, 0.1) is 0 Å². The smallest absolute Gasteiger partial charge is 0.182 e. The number of rotatable bonds is 0. The number of hydrogen-bond acceptors (Lipinski definition) is 3. The molecule has 1 aromatic carbocycles. The van der Waals surface area contributed by atoms with Gasteiger partial charge in [-0.05, 0) is 12.1 Å². The summed E-state index contributed by atoms with van der Waals surface area (Å²) in [6, 6.07) is 3.33. The van der Waals surface area contributed by atoms with Crippen molar-refractivity contribution in [2.45, 2.75) is 0 Å². The first-order valence-corrected chi connectivity index (χ1v) is 3.78. The zero-order chi connectivity index (χ0) is 7.84. The van der Waals surface area contributed by atoms with E-state index in [1.165, 1.54) is 6.39 Å². The molecule has 0 amide bonds. The third-order valence-corrected chi connectivity index (χ3v) is 1.84. The first kappa shape index (κ1) is 6.67. The second-order valence-electron chi connectivity index (χ2n) is 2.12. The molecule has 0 aliphatic heterocycles. The molecule has 0 aliphatic carbocycles. The average Bonchev–Trinajstić information content (AvgIpc) is 2.34. The number of hydrogen-bond donors (Lipinski definition) is 1. The molecule has 56 valence electrons. The fourth-order valence-electron chi connectivity index (χ4n) is 0.916. The molecule has 0 bridgehead atoms. The van der Waals surface area contributed by atoms with Crippen molar-refractivity contribution in [1.29, 1.82) is 0 Å². The van der Waals surface area contributed by atoms with E-state index in [0.29, 0.717) is 11.1 Å². The van der Waals surface area contributed by atoms with Gasteiger partial charge in [-0.25, -0.2) is 4.98 Å². The van der Waals surface area contributed by atoms with Gasteiger partial charge in [0, 0.05) is 4.47 Å². The Morgan fingerprint density at radius 1 is 1.45 bits per heavy atom. The average molecular weight is 214 g/mol. The van der Waals surface area contributed by atoms with Gasteiger partial charge in [0.15, 0.2) is 17.5 Å². The molecule has 2 aromatic rings. The Labute approximate surface area is 70.8 Å². The van der Waals surface area contributed by atoms with Crippen molar-refractivity contribution in [3.8, 4) is 5.75 Å². The highest BCUT2D eigenvalue weighted by Gasteiger charge is 2.04. The van der Waals surface area contributed by atoms with Crippen molar-refractivity contribution < 1.29 is 9.52 Å². The second kappa shape index (κ2) is 2.23. The van der Waals surface area contributed by atoms with Crippen LogP contribution in [0.1, 0.15) is 0 Å². The van der Waals surface area contributed by atoms with Crippen LogP contribution in [0.4, 0.5) is 0 Å². The zero-order valence-electron chi connectivity index (χ0n) is 5.41. The number of oxazole rings is 1. The maximum Gasteiger partial charge on any atom is 0.182 e. The summed E-state index contributed by atoms with van der Waals surface area (Å²) in [5.74, 6) is 0.128. The summed E-state index contributed by atoms with van der Waals surface area (Å²) in [5, 5.41) is 9.29. The molecule has 0 saturated heterocycles. The topological polar surface area (TPSA) is 46.3 Å². The molecule has 4 heteroatoms. The first-order chi connectivity index (χ1) is 5.27. The lowest BCUT2D eigenvalue weighted by Gasteiger charge is -1.92. The van der Waals surface area contributed by atoms with Crippen LogP contribution in [0, 0.1) is 0 Å². The van der Waals surface area contributed by atoms with Crippen LogP contribution in [0.15, 0.2) is 27.4 Å². The maximum absolute atomic E-state index is 9.29. The minimum Gasteiger partial charge on any atom is -0.505 e. The number of nitrogens with zero attached hydrogens (tertiary/aromatic N) is 1. The van der Waals surface area contributed by atoms with Crippen LogP contribution in [0.5, 0.6) is 5.75 Å². The molecule has 0 fully saturated rings. The van der Waals surface area contributed by atoms with Gasteiger partial charge < -0.3 is 9.52 Å². The van der Waals surface area contributed by atoms with Crippen molar-refractivity contribution >= 4 is 27.0 Å². The highest BCUT2D eigenvalue weighted by atomic mass is 79.9. The summed E-state index contributed by atoms with van der Waals surface area (Å²) < 4.78 is 5.76. The van der Waals surface area contributed by atoms with Crippen molar-refractivity contribution in [3.63, 3.8) is 0 Å². The molecular weight excluding hydrogens is 210 g/mol. The number of halogens is 1. The molecule has 0 radical (unpaired) electrons. The minimum absolute atomic E-state index is 0.128. The Balaban J connectivity index is 2.91. The molecule has 0 aliphatic rings. The monoisotopic (exact) mass is 213 g/mol. The fourth-order valence-corrected chi connectivity index (χ4v) is 1.34. The zero-order valence-corrected chi connectivity index (χ0v) is 7.00. The highest BCUT2D eigenvalue weighted by molar-refractivity contribution is 9.10. The van der Waals surface area contributed by atoms with Crippen LogP contribution in [0.2, 0.25) is 0 Å². The summed E-state index contributed by atoms with van der Waals surface area (Å²) in [6.45, 7) is 0. The molecular formula is C7H4BrNO2. The van der Waals surface area contributed by atoms with Gasteiger partial charge in [0.1, 0.15) is 5.75 Å². The van der Waals surface area contributed by atoms with Crippen LogP contribution < -0.4 is 0 Å². The summed E-state index contributed by atoms with van der Waals surface area (Å²) in [5.41, 5.74) is 1.07. The molecule has 1 aromatic heterocycles. The lowest BCUT2D eigenvalue weighted by atomic mass is 10.3. The predicted molar refractivity (Wildman–Crippen MR) is 43.4 cm³/mol. The standard InChI is InChI=1S/C7H4BrNO2/c8-4-1-5(10)7-6(2-4)11-3-9-7/h1-3,10H. The molecule has 0 saturated carbocycles.